The molecule has 0 saturated heterocycles. The molecule has 0 aliphatic heterocycles. The molecule has 0 aliphatic rings. The van der Waals surface area contributed by atoms with Gasteiger partial charge in [0, 0.05) is 24.2 Å². The van der Waals surface area contributed by atoms with Gasteiger partial charge >= 0.3 is 11.9 Å². The minimum atomic E-state index is -1.25. The zero-order valence-electron chi connectivity index (χ0n) is 13.7. The fraction of sp³-hybridized carbons (Fsp3) is 0.733. The summed E-state index contributed by atoms with van der Waals surface area (Å²) in [5.41, 5.74) is 9.86. The predicted octanol–water partition coefficient (Wildman–Crippen LogP) is 0.171. The Balaban J connectivity index is 4.58. The summed E-state index contributed by atoms with van der Waals surface area (Å²) in [5.74, 6) is -3.43. The van der Waals surface area contributed by atoms with Crippen LogP contribution in [-0.2, 0) is 19.2 Å². The Morgan fingerprint density at radius 1 is 1.00 bits per heavy atom. The molecular formula is C15H26N2O6. The van der Waals surface area contributed by atoms with Crippen molar-refractivity contribution in [3.63, 3.8) is 0 Å². The standard InChI is InChI=1S/C15H26N2O6/c1-8(11(18)6-10(17)14(22)23)7-15(2,3)12(19)5-4-9(16)13(20)21/h8-10H,4-7,16-17H2,1-3H3,(H,20,21)(H,22,23)/t8?,9-,10-/m0/s1. The van der Waals surface area contributed by atoms with Crippen LogP contribution in [0.3, 0.4) is 0 Å². The number of carboxylic acid groups (broad SMARTS) is 2. The average molecular weight is 330 g/mol. The number of Topliss-reactive ketones (excluding diaryl/α,β-unsaturated/α-hetero) is 2. The lowest BCUT2D eigenvalue weighted by Gasteiger charge is -2.26. The van der Waals surface area contributed by atoms with E-state index in [1.54, 1.807) is 20.8 Å². The third-order valence-corrected chi connectivity index (χ3v) is 3.86. The second-order valence-electron chi connectivity index (χ2n) is 6.51. The molecular weight excluding hydrogens is 304 g/mol. The van der Waals surface area contributed by atoms with E-state index >= 15 is 0 Å². The first-order chi connectivity index (χ1) is 10.4. The van der Waals surface area contributed by atoms with Crippen molar-refractivity contribution in [1.82, 2.24) is 0 Å². The summed E-state index contributed by atoms with van der Waals surface area (Å²) in [6.45, 7) is 4.96. The highest BCUT2D eigenvalue weighted by Crippen LogP contribution is 2.29. The van der Waals surface area contributed by atoms with Gasteiger partial charge in [-0.2, -0.15) is 0 Å². The van der Waals surface area contributed by atoms with Gasteiger partial charge in [-0.25, -0.2) is 0 Å². The third kappa shape index (κ3) is 7.34. The maximum Gasteiger partial charge on any atom is 0.320 e. The molecule has 0 bridgehead atoms. The van der Waals surface area contributed by atoms with E-state index in [1.165, 1.54) is 0 Å². The normalized spacial score (nSPS) is 15.5. The molecule has 0 fully saturated rings. The molecule has 3 atom stereocenters. The molecule has 0 radical (unpaired) electrons. The zero-order chi connectivity index (χ0) is 18.4. The largest absolute Gasteiger partial charge is 0.480 e. The smallest absolute Gasteiger partial charge is 0.320 e. The predicted molar refractivity (Wildman–Crippen MR) is 82.6 cm³/mol. The van der Waals surface area contributed by atoms with E-state index in [9.17, 15) is 19.2 Å². The lowest BCUT2D eigenvalue weighted by atomic mass is 9.76. The average Bonchev–Trinajstić information content (AvgIpc) is 2.42. The molecule has 8 heteroatoms. The number of carbonyl (C=O) groups excluding carboxylic acids is 2. The van der Waals surface area contributed by atoms with E-state index in [2.05, 4.69) is 0 Å². The van der Waals surface area contributed by atoms with Crippen LogP contribution in [-0.4, -0.2) is 45.8 Å². The van der Waals surface area contributed by atoms with Crippen molar-refractivity contribution in [3.05, 3.63) is 0 Å². The van der Waals surface area contributed by atoms with Gasteiger partial charge in [0.15, 0.2) is 0 Å². The number of carbonyl (C=O) groups is 4. The molecule has 0 saturated carbocycles. The number of aliphatic carboxylic acids is 2. The van der Waals surface area contributed by atoms with Crippen LogP contribution < -0.4 is 11.5 Å². The molecule has 8 nitrogen and oxygen atoms in total. The fourth-order valence-electron chi connectivity index (χ4n) is 2.25. The zero-order valence-corrected chi connectivity index (χ0v) is 13.7. The minimum Gasteiger partial charge on any atom is -0.480 e. The molecule has 0 aromatic rings. The van der Waals surface area contributed by atoms with Crippen molar-refractivity contribution in [1.29, 1.82) is 0 Å². The quantitative estimate of drug-likeness (QED) is 0.417. The second-order valence-corrected chi connectivity index (χ2v) is 6.51. The van der Waals surface area contributed by atoms with E-state index in [-0.39, 0.29) is 37.2 Å². The molecule has 1 unspecified atom stereocenters. The Morgan fingerprint density at radius 2 is 1.48 bits per heavy atom. The van der Waals surface area contributed by atoms with Crippen LogP contribution in [0.1, 0.15) is 46.5 Å². The highest BCUT2D eigenvalue weighted by Gasteiger charge is 2.32. The Bertz CT molecular complexity index is 475. The Kier molecular flexibility index (Phi) is 8.05. The monoisotopic (exact) mass is 330 g/mol. The van der Waals surface area contributed by atoms with Crippen LogP contribution in [0, 0.1) is 11.3 Å². The maximum absolute atomic E-state index is 12.2. The molecule has 23 heavy (non-hydrogen) atoms. The van der Waals surface area contributed by atoms with Gasteiger partial charge in [0.25, 0.3) is 0 Å². The molecule has 0 aromatic heterocycles. The van der Waals surface area contributed by atoms with Crippen molar-refractivity contribution in [2.45, 2.75) is 58.5 Å². The van der Waals surface area contributed by atoms with Crippen LogP contribution >= 0.6 is 0 Å². The molecule has 6 N–H and O–H groups in total. The van der Waals surface area contributed by atoms with Gasteiger partial charge < -0.3 is 21.7 Å². The summed E-state index contributed by atoms with van der Waals surface area (Å²) >= 11 is 0. The molecule has 0 aliphatic carbocycles. The van der Waals surface area contributed by atoms with Gasteiger partial charge in [0.1, 0.15) is 23.7 Å². The van der Waals surface area contributed by atoms with E-state index in [4.69, 9.17) is 21.7 Å². The van der Waals surface area contributed by atoms with Gasteiger partial charge in [0.05, 0.1) is 0 Å². The summed E-state index contributed by atoms with van der Waals surface area (Å²) in [7, 11) is 0. The Labute approximate surface area is 135 Å². The first-order valence-corrected chi connectivity index (χ1v) is 7.41. The van der Waals surface area contributed by atoms with Crippen LogP contribution in [0.15, 0.2) is 0 Å². The van der Waals surface area contributed by atoms with Crippen molar-refractivity contribution in [2.75, 3.05) is 0 Å². The topological polar surface area (TPSA) is 161 Å². The summed E-state index contributed by atoms with van der Waals surface area (Å²) in [6, 6.07) is -2.35. The lowest BCUT2D eigenvalue weighted by molar-refractivity contribution is -0.141. The molecule has 0 heterocycles. The highest BCUT2D eigenvalue weighted by molar-refractivity contribution is 5.89. The van der Waals surface area contributed by atoms with Crippen LogP contribution in [0.5, 0.6) is 0 Å². The van der Waals surface area contributed by atoms with Gasteiger partial charge in [-0.05, 0) is 12.8 Å². The van der Waals surface area contributed by atoms with Gasteiger partial charge in [-0.1, -0.05) is 20.8 Å². The second kappa shape index (κ2) is 8.73. The van der Waals surface area contributed by atoms with Crippen molar-refractivity contribution in [3.8, 4) is 0 Å². The Morgan fingerprint density at radius 3 is 1.91 bits per heavy atom. The number of ketones is 2. The van der Waals surface area contributed by atoms with Crippen LogP contribution in [0.2, 0.25) is 0 Å². The summed E-state index contributed by atoms with van der Waals surface area (Å²) in [5, 5.41) is 17.4. The number of carboxylic acids is 2. The first kappa shape index (κ1) is 21.2. The van der Waals surface area contributed by atoms with Gasteiger partial charge in [-0.3, -0.25) is 19.2 Å². The lowest BCUT2D eigenvalue weighted by Crippen LogP contribution is -2.36. The maximum atomic E-state index is 12.2. The molecule has 0 aromatic carbocycles. The fourth-order valence-corrected chi connectivity index (χ4v) is 2.25. The molecule has 0 spiro atoms. The van der Waals surface area contributed by atoms with E-state index in [1.807, 2.05) is 0 Å². The summed E-state index contributed by atoms with van der Waals surface area (Å²) in [4.78, 5) is 45.5. The number of hydrogen-bond donors (Lipinski definition) is 4. The Hall–Kier alpha value is -1.80. The number of nitrogens with two attached hydrogens (primary N) is 2. The third-order valence-electron chi connectivity index (χ3n) is 3.86. The van der Waals surface area contributed by atoms with E-state index in [0.29, 0.717) is 0 Å². The summed E-state index contributed by atoms with van der Waals surface area (Å²) in [6.07, 6.45) is -0.0101. The number of rotatable bonds is 11. The summed E-state index contributed by atoms with van der Waals surface area (Å²) < 4.78 is 0. The molecule has 132 valence electrons. The van der Waals surface area contributed by atoms with E-state index < -0.39 is 35.4 Å². The van der Waals surface area contributed by atoms with Crippen LogP contribution in [0.4, 0.5) is 0 Å². The van der Waals surface area contributed by atoms with Crippen molar-refractivity contribution >= 4 is 23.5 Å². The highest BCUT2D eigenvalue weighted by atomic mass is 16.4. The van der Waals surface area contributed by atoms with E-state index in [0.717, 1.165) is 0 Å². The van der Waals surface area contributed by atoms with Gasteiger partial charge in [-0.15, -0.1) is 0 Å². The molecule has 0 amide bonds. The minimum absolute atomic E-state index is 0.00994. The van der Waals surface area contributed by atoms with Crippen molar-refractivity contribution < 1.29 is 29.4 Å². The van der Waals surface area contributed by atoms with Crippen molar-refractivity contribution in [2.24, 2.45) is 22.8 Å². The SMILES string of the molecule is CC(CC(C)(C)C(=O)CC[C@H](N)C(=O)O)C(=O)C[C@H](N)C(=O)O. The number of hydrogen-bond acceptors (Lipinski definition) is 6. The van der Waals surface area contributed by atoms with Crippen LogP contribution in [0.25, 0.3) is 0 Å². The molecule has 0 rings (SSSR count). The first-order valence-electron chi connectivity index (χ1n) is 7.41. The van der Waals surface area contributed by atoms with Gasteiger partial charge in [0.2, 0.25) is 0 Å².